The largest absolute Gasteiger partial charge is 0.313 e. The average Bonchev–Trinajstić information content (AvgIpc) is 2.35. The van der Waals surface area contributed by atoms with Crippen LogP contribution >= 0.6 is 0 Å². The minimum absolute atomic E-state index is 0.621. The molecule has 1 unspecified atom stereocenters. The lowest BCUT2D eigenvalue weighted by molar-refractivity contribution is 0.658. The van der Waals surface area contributed by atoms with Gasteiger partial charge in [-0.25, -0.2) is 0 Å². The summed E-state index contributed by atoms with van der Waals surface area (Å²) >= 11 is 0. The third-order valence-corrected chi connectivity index (χ3v) is 2.95. The number of unbranched alkanes of at least 4 members (excludes halogenated alkanes) is 1. The smallest absolute Gasteiger partial charge is 0.0164 e. The van der Waals surface area contributed by atoms with Crippen molar-refractivity contribution in [1.82, 2.24) is 5.32 Å². The molecule has 15 heavy (non-hydrogen) atoms. The highest BCUT2D eigenvalue weighted by atomic mass is 14.8. The van der Waals surface area contributed by atoms with E-state index in [1.165, 1.54) is 25.7 Å². The summed E-state index contributed by atoms with van der Waals surface area (Å²) in [6, 6.07) is 0. The summed E-state index contributed by atoms with van der Waals surface area (Å²) in [5, 5.41) is 3.53. The van der Waals surface area contributed by atoms with Crippen LogP contribution in [0.4, 0.5) is 0 Å². The molecule has 0 heterocycles. The molecule has 0 spiro atoms. The van der Waals surface area contributed by atoms with Gasteiger partial charge in [-0.05, 0) is 38.6 Å². The lowest BCUT2D eigenvalue weighted by Crippen LogP contribution is -2.18. The fourth-order valence-corrected chi connectivity index (χ4v) is 2.09. The molecule has 0 aromatic carbocycles. The Bertz CT molecular complexity index is 238. The van der Waals surface area contributed by atoms with Gasteiger partial charge in [-0.2, -0.15) is 0 Å². The van der Waals surface area contributed by atoms with Gasteiger partial charge in [0.1, 0.15) is 0 Å². The zero-order valence-electron chi connectivity index (χ0n) is 10.5. The van der Waals surface area contributed by atoms with Crippen molar-refractivity contribution < 1.29 is 0 Å². The lowest BCUT2D eigenvalue weighted by atomic mass is 10.1. The van der Waals surface area contributed by atoms with E-state index in [-0.39, 0.29) is 0 Å². The van der Waals surface area contributed by atoms with E-state index in [1.807, 2.05) is 0 Å². The summed E-state index contributed by atoms with van der Waals surface area (Å²) in [5.74, 6) is 0.621. The summed E-state index contributed by atoms with van der Waals surface area (Å²) in [5.41, 5.74) is 3.13. The fourth-order valence-electron chi connectivity index (χ4n) is 2.09. The zero-order chi connectivity index (χ0) is 11.1. The molecule has 1 nitrogen and oxygen atoms in total. The predicted octanol–water partition coefficient (Wildman–Crippen LogP) is 3.68. The van der Waals surface area contributed by atoms with Crippen molar-refractivity contribution in [2.75, 3.05) is 13.1 Å². The maximum Gasteiger partial charge on any atom is 0.0164 e. The number of rotatable bonds is 5. The molecule has 0 aromatic heterocycles. The Balaban J connectivity index is 2.30. The highest BCUT2D eigenvalue weighted by Gasteiger charge is 2.06. The normalized spacial score (nSPS) is 21.9. The molecule has 1 N–H and O–H groups in total. The van der Waals surface area contributed by atoms with Gasteiger partial charge < -0.3 is 5.32 Å². The van der Waals surface area contributed by atoms with E-state index >= 15 is 0 Å². The van der Waals surface area contributed by atoms with Gasteiger partial charge in [-0.3, -0.25) is 0 Å². The summed E-state index contributed by atoms with van der Waals surface area (Å²) in [6.45, 7) is 9.01. The third kappa shape index (κ3) is 5.17. The molecular weight excluding hydrogens is 182 g/mol. The van der Waals surface area contributed by atoms with Crippen molar-refractivity contribution in [3.63, 3.8) is 0 Å². The van der Waals surface area contributed by atoms with E-state index in [1.54, 1.807) is 11.1 Å². The quantitative estimate of drug-likeness (QED) is 0.535. The number of hydrogen-bond acceptors (Lipinski definition) is 1. The second kappa shape index (κ2) is 6.84. The molecule has 0 radical (unpaired) electrons. The van der Waals surface area contributed by atoms with Crippen molar-refractivity contribution in [3.05, 3.63) is 23.3 Å². The average molecular weight is 207 g/mol. The van der Waals surface area contributed by atoms with E-state index in [4.69, 9.17) is 0 Å². The molecule has 1 aliphatic carbocycles. The molecule has 0 bridgehead atoms. The van der Waals surface area contributed by atoms with Gasteiger partial charge in [-0.1, -0.05) is 43.6 Å². The molecule has 0 saturated heterocycles. The Kier molecular flexibility index (Phi) is 5.70. The van der Waals surface area contributed by atoms with Gasteiger partial charge >= 0.3 is 0 Å². The first-order valence-corrected chi connectivity index (χ1v) is 6.30. The van der Waals surface area contributed by atoms with Crippen molar-refractivity contribution in [2.24, 2.45) is 5.92 Å². The number of hydrogen-bond donors (Lipinski definition) is 1. The Hall–Kier alpha value is -0.560. The fraction of sp³-hybridized carbons (Fsp3) is 0.714. The van der Waals surface area contributed by atoms with Gasteiger partial charge in [0, 0.05) is 6.54 Å². The summed E-state index contributed by atoms with van der Waals surface area (Å²) in [6.07, 6.45) is 9.87. The molecule has 1 atom stereocenters. The van der Waals surface area contributed by atoms with Crippen molar-refractivity contribution >= 4 is 0 Å². The van der Waals surface area contributed by atoms with Crippen molar-refractivity contribution in [1.29, 1.82) is 0 Å². The molecule has 1 heteroatoms. The Morgan fingerprint density at radius 2 is 2.13 bits per heavy atom. The van der Waals surface area contributed by atoms with Crippen LogP contribution in [0.5, 0.6) is 0 Å². The summed E-state index contributed by atoms with van der Waals surface area (Å²) in [4.78, 5) is 0. The van der Waals surface area contributed by atoms with Crippen LogP contribution in [0.1, 0.15) is 46.5 Å². The Morgan fingerprint density at radius 3 is 2.87 bits per heavy atom. The molecule has 86 valence electrons. The molecule has 0 aromatic rings. The van der Waals surface area contributed by atoms with E-state index in [0.717, 1.165) is 13.1 Å². The minimum Gasteiger partial charge on any atom is -0.313 e. The molecule has 0 fully saturated rings. The molecular formula is C14H25N. The highest BCUT2D eigenvalue weighted by Crippen LogP contribution is 2.20. The molecule has 1 aliphatic rings. The molecule has 0 aliphatic heterocycles. The second-order valence-corrected chi connectivity index (χ2v) is 4.73. The molecule has 0 saturated carbocycles. The van der Waals surface area contributed by atoms with E-state index in [2.05, 4.69) is 38.2 Å². The zero-order valence-corrected chi connectivity index (χ0v) is 10.5. The van der Waals surface area contributed by atoms with Gasteiger partial charge in [-0.15, -0.1) is 0 Å². The van der Waals surface area contributed by atoms with Crippen LogP contribution in [0.2, 0.25) is 0 Å². The van der Waals surface area contributed by atoms with Crippen LogP contribution in [0.3, 0.4) is 0 Å². The first-order chi connectivity index (χ1) is 7.22. The van der Waals surface area contributed by atoms with Gasteiger partial charge in [0.05, 0.1) is 0 Å². The topological polar surface area (TPSA) is 12.0 Å². The summed E-state index contributed by atoms with van der Waals surface area (Å²) in [7, 11) is 0. The lowest BCUT2D eigenvalue weighted by Gasteiger charge is -2.08. The summed E-state index contributed by atoms with van der Waals surface area (Å²) < 4.78 is 0. The molecule has 1 rings (SSSR count). The predicted molar refractivity (Wildman–Crippen MR) is 68.0 cm³/mol. The maximum atomic E-state index is 3.53. The standard InChI is InChI=1S/C14H25N/c1-4-5-8-15-11-14-7-6-12(2)9-13(3)10-14/h9-10,13,15H,4-8,11H2,1-3H3. The van der Waals surface area contributed by atoms with Crippen LogP contribution < -0.4 is 5.32 Å². The van der Waals surface area contributed by atoms with Gasteiger partial charge in [0.25, 0.3) is 0 Å². The Morgan fingerprint density at radius 1 is 1.33 bits per heavy atom. The van der Waals surface area contributed by atoms with Gasteiger partial charge in [0.2, 0.25) is 0 Å². The van der Waals surface area contributed by atoms with Crippen LogP contribution in [0.15, 0.2) is 23.3 Å². The SMILES string of the molecule is CCCCNCC1=CC(C)C=C(C)CC1. The number of nitrogens with one attached hydrogen (secondary N) is 1. The van der Waals surface area contributed by atoms with Crippen LogP contribution in [-0.2, 0) is 0 Å². The third-order valence-electron chi connectivity index (χ3n) is 2.95. The first kappa shape index (κ1) is 12.5. The maximum absolute atomic E-state index is 3.53. The molecule has 0 amide bonds. The van der Waals surface area contributed by atoms with E-state index in [9.17, 15) is 0 Å². The van der Waals surface area contributed by atoms with Crippen LogP contribution in [0.25, 0.3) is 0 Å². The van der Waals surface area contributed by atoms with E-state index < -0.39 is 0 Å². The van der Waals surface area contributed by atoms with Crippen molar-refractivity contribution in [3.8, 4) is 0 Å². The Labute approximate surface area is 94.6 Å². The highest BCUT2D eigenvalue weighted by molar-refractivity contribution is 5.18. The second-order valence-electron chi connectivity index (χ2n) is 4.73. The monoisotopic (exact) mass is 207 g/mol. The van der Waals surface area contributed by atoms with Crippen molar-refractivity contribution in [2.45, 2.75) is 46.5 Å². The minimum atomic E-state index is 0.621. The first-order valence-electron chi connectivity index (χ1n) is 6.30. The van der Waals surface area contributed by atoms with Crippen LogP contribution in [0, 0.1) is 5.92 Å². The van der Waals surface area contributed by atoms with E-state index in [0.29, 0.717) is 5.92 Å². The van der Waals surface area contributed by atoms with Crippen LogP contribution in [-0.4, -0.2) is 13.1 Å². The number of allylic oxidation sites excluding steroid dienone is 3. The van der Waals surface area contributed by atoms with Gasteiger partial charge in [0.15, 0.2) is 0 Å².